The Morgan fingerprint density at radius 1 is 1.13 bits per heavy atom. The number of hydrogen-bond acceptors (Lipinski definition) is 5. The summed E-state index contributed by atoms with van der Waals surface area (Å²) in [7, 11) is 4.13. The first-order valence-corrected chi connectivity index (χ1v) is 11.0. The molecule has 162 valence electrons. The number of hydrogen-bond donors (Lipinski definition) is 1. The molecule has 1 aromatic carbocycles. The Bertz CT molecular complexity index is 836. The zero-order chi connectivity index (χ0) is 20.9. The molecule has 1 amide bonds. The van der Waals surface area contributed by atoms with E-state index in [0.29, 0.717) is 12.1 Å². The van der Waals surface area contributed by atoms with Crippen molar-refractivity contribution in [2.45, 2.75) is 44.4 Å². The predicted octanol–water partition coefficient (Wildman–Crippen LogP) is 2.29. The molecule has 0 aliphatic carbocycles. The summed E-state index contributed by atoms with van der Waals surface area (Å²) in [6, 6.07) is 8.23. The molecule has 2 aliphatic heterocycles. The van der Waals surface area contributed by atoms with Gasteiger partial charge >= 0.3 is 0 Å². The summed E-state index contributed by atoms with van der Waals surface area (Å²) < 4.78 is 8.14. The number of carbonyl (C=O) groups excluding carboxylic acids is 1. The zero-order valence-corrected chi connectivity index (χ0v) is 18.1. The van der Waals surface area contributed by atoms with Crippen LogP contribution in [-0.2, 0) is 13.6 Å². The molecule has 2 aliphatic rings. The topological polar surface area (TPSA) is 62.6 Å². The van der Waals surface area contributed by atoms with Crippen LogP contribution < -0.4 is 10.1 Å². The summed E-state index contributed by atoms with van der Waals surface area (Å²) in [5, 5.41) is 2.93. The van der Waals surface area contributed by atoms with Gasteiger partial charge < -0.3 is 24.4 Å². The lowest BCUT2D eigenvalue weighted by atomic mass is 9.99. The van der Waals surface area contributed by atoms with Gasteiger partial charge in [-0.1, -0.05) is 6.07 Å². The summed E-state index contributed by atoms with van der Waals surface area (Å²) >= 11 is 0. The lowest BCUT2D eigenvalue weighted by molar-refractivity contribution is 0.0525. The number of ether oxygens (including phenoxy) is 1. The van der Waals surface area contributed by atoms with Crippen molar-refractivity contribution in [1.82, 2.24) is 24.7 Å². The minimum absolute atomic E-state index is 0.111. The summed E-state index contributed by atoms with van der Waals surface area (Å²) in [5.74, 6) is 1.49. The molecule has 0 unspecified atom stereocenters. The van der Waals surface area contributed by atoms with Gasteiger partial charge in [0, 0.05) is 44.1 Å². The first-order chi connectivity index (χ1) is 14.6. The second-order valence-electron chi connectivity index (χ2n) is 8.55. The summed E-state index contributed by atoms with van der Waals surface area (Å²) in [6.07, 6.45) is 8.46. The number of imidazole rings is 1. The van der Waals surface area contributed by atoms with Crippen LogP contribution in [0.3, 0.4) is 0 Å². The fraction of sp³-hybridized carbons (Fsp3) is 0.565. The molecular weight excluding hydrogens is 378 g/mol. The average Bonchev–Trinajstić information content (AvgIpc) is 3.18. The third-order valence-corrected chi connectivity index (χ3v) is 6.41. The van der Waals surface area contributed by atoms with Gasteiger partial charge in [0.25, 0.3) is 5.91 Å². The van der Waals surface area contributed by atoms with Crippen LogP contribution in [0.25, 0.3) is 0 Å². The zero-order valence-electron chi connectivity index (χ0n) is 18.1. The lowest BCUT2D eigenvalue weighted by Crippen LogP contribution is -2.48. The summed E-state index contributed by atoms with van der Waals surface area (Å²) in [6.45, 7) is 5.01. The Balaban J connectivity index is 1.26. The van der Waals surface area contributed by atoms with Gasteiger partial charge in [0.1, 0.15) is 17.7 Å². The second-order valence-corrected chi connectivity index (χ2v) is 8.55. The maximum atomic E-state index is 12.5. The standard InChI is InChI=1S/C23H33N5O2/c1-26-11-6-19(7-12-26)28-13-8-20(9-14-28)30-21-5-3-4-18(16-21)23(29)25-17-22-24-10-15-27(22)2/h3-5,10,15-16,19-20H,6-9,11-14,17H2,1-2H3,(H,25,29). The first-order valence-electron chi connectivity index (χ1n) is 11.0. The van der Waals surface area contributed by atoms with E-state index in [0.717, 1.165) is 43.5 Å². The van der Waals surface area contributed by atoms with Crippen molar-refractivity contribution in [2.75, 3.05) is 33.2 Å². The molecule has 2 fully saturated rings. The van der Waals surface area contributed by atoms with E-state index >= 15 is 0 Å². The number of aromatic nitrogens is 2. The number of carbonyl (C=O) groups is 1. The van der Waals surface area contributed by atoms with Crippen LogP contribution in [0.4, 0.5) is 0 Å². The Labute approximate surface area is 179 Å². The van der Waals surface area contributed by atoms with Crippen LogP contribution in [-0.4, -0.2) is 70.6 Å². The minimum atomic E-state index is -0.111. The quantitative estimate of drug-likeness (QED) is 0.790. The third kappa shape index (κ3) is 5.21. The van der Waals surface area contributed by atoms with Gasteiger partial charge in [0.2, 0.25) is 0 Å². The Morgan fingerprint density at radius 2 is 1.90 bits per heavy atom. The molecule has 0 saturated carbocycles. The fourth-order valence-electron chi connectivity index (χ4n) is 4.45. The van der Waals surface area contributed by atoms with Gasteiger partial charge in [-0.15, -0.1) is 0 Å². The van der Waals surface area contributed by atoms with E-state index in [4.69, 9.17) is 4.74 Å². The molecule has 0 atom stereocenters. The van der Waals surface area contributed by atoms with Crippen molar-refractivity contribution in [2.24, 2.45) is 7.05 Å². The van der Waals surface area contributed by atoms with Crippen molar-refractivity contribution in [3.8, 4) is 5.75 Å². The number of nitrogens with one attached hydrogen (secondary N) is 1. The van der Waals surface area contributed by atoms with Gasteiger partial charge in [-0.2, -0.15) is 0 Å². The van der Waals surface area contributed by atoms with Crippen LogP contribution in [0, 0.1) is 0 Å². The van der Waals surface area contributed by atoms with Crippen LogP contribution in [0.1, 0.15) is 41.9 Å². The van der Waals surface area contributed by atoms with E-state index in [1.807, 2.05) is 42.1 Å². The molecule has 1 aromatic heterocycles. The van der Waals surface area contributed by atoms with Crippen molar-refractivity contribution >= 4 is 5.91 Å². The molecular formula is C23H33N5O2. The minimum Gasteiger partial charge on any atom is -0.490 e. The maximum Gasteiger partial charge on any atom is 0.251 e. The Kier molecular flexibility index (Phi) is 6.69. The molecule has 2 saturated heterocycles. The molecule has 1 N–H and O–H groups in total. The van der Waals surface area contributed by atoms with Crippen molar-refractivity contribution < 1.29 is 9.53 Å². The van der Waals surface area contributed by atoms with Crippen molar-refractivity contribution in [1.29, 1.82) is 0 Å². The summed E-state index contributed by atoms with van der Waals surface area (Å²) in [5.41, 5.74) is 0.616. The van der Waals surface area contributed by atoms with Crippen molar-refractivity contribution in [3.63, 3.8) is 0 Å². The number of likely N-dealkylation sites (tertiary alicyclic amines) is 2. The van der Waals surface area contributed by atoms with Crippen LogP contribution in [0.2, 0.25) is 0 Å². The van der Waals surface area contributed by atoms with Gasteiger partial charge in [-0.3, -0.25) is 4.79 Å². The molecule has 7 nitrogen and oxygen atoms in total. The van der Waals surface area contributed by atoms with Gasteiger partial charge in [-0.25, -0.2) is 4.98 Å². The molecule has 2 aromatic rings. The van der Waals surface area contributed by atoms with E-state index in [2.05, 4.69) is 27.1 Å². The number of piperidine rings is 2. The highest BCUT2D eigenvalue weighted by Gasteiger charge is 2.28. The second kappa shape index (κ2) is 9.62. The van der Waals surface area contributed by atoms with E-state index < -0.39 is 0 Å². The van der Waals surface area contributed by atoms with E-state index in [-0.39, 0.29) is 12.0 Å². The molecule has 0 bridgehead atoms. The van der Waals surface area contributed by atoms with Crippen LogP contribution >= 0.6 is 0 Å². The number of rotatable bonds is 6. The number of aryl methyl sites for hydroxylation is 1. The van der Waals surface area contributed by atoms with Gasteiger partial charge in [0.05, 0.1) is 6.54 Å². The van der Waals surface area contributed by atoms with Crippen molar-refractivity contribution in [3.05, 3.63) is 48.0 Å². The summed E-state index contributed by atoms with van der Waals surface area (Å²) in [4.78, 5) is 21.8. The Hall–Kier alpha value is -2.38. The average molecular weight is 412 g/mol. The maximum absolute atomic E-state index is 12.5. The highest BCUT2D eigenvalue weighted by atomic mass is 16.5. The molecule has 0 spiro atoms. The van der Waals surface area contributed by atoms with Crippen LogP contribution in [0.5, 0.6) is 5.75 Å². The Morgan fingerprint density at radius 3 is 2.60 bits per heavy atom. The molecule has 0 radical (unpaired) electrons. The molecule has 7 heteroatoms. The van der Waals surface area contributed by atoms with E-state index in [1.165, 1.54) is 25.9 Å². The molecule has 4 rings (SSSR count). The van der Waals surface area contributed by atoms with E-state index in [1.54, 1.807) is 6.20 Å². The van der Waals surface area contributed by atoms with Crippen LogP contribution in [0.15, 0.2) is 36.7 Å². The molecule has 3 heterocycles. The van der Waals surface area contributed by atoms with Gasteiger partial charge in [-0.05, 0) is 64.0 Å². The highest BCUT2D eigenvalue weighted by Crippen LogP contribution is 2.24. The smallest absolute Gasteiger partial charge is 0.251 e. The predicted molar refractivity (Wildman–Crippen MR) is 117 cm³/mol. The number of benzene rings is 1. The highest BCUT2D eigenvalue weighted by molar-refractivity contribution is 5.94. The lowest BCUT2D eigenvalue weighted by Gasteiger charge is -2.41. The third-order valence-electron chi connectivity index (χ3n) is 6.41. The number of nitrogens with zero attached hydrogens (tertiary/aromatic N) is 4. The first kappa shape index (κ1) is 20.9. The van der Waals surface area contributed by atoms with E-state index in [9.17, 15) is 4.79 Å². The normalized spacial score (nSPS) is 19.7. The largest absolute Gasteiger partial charge is 0.490 e. The monoisotopic (exact) mass is 411 g/mol. The fourth-order valence-corrected chi connectivity index (χ4v) is 4.45. The molecule has 30 heavy (non-hydrogen) atoms. The number of amides is 1. The SMILES string of the molecule is CN1CCC(N2CCC(Oc3cccc(C(=O)NCc4nccn4C)c3)CC2)CC1. The van der Waals surface area contributed by atoms with Gasteiger partial charge in [0.15, 0.2) is 0 Å².